The van der Waals surface area contributed by atoms with Gasteiger partial charge in [0.1, 0.15) is 11.5 Å². The van der Waals surface area contributed by atoms with Crippen LogP contribution in [0.2, 0.25) is 0 Å². The SMILES string of the molecule is COc1ccc(OC)c(-c2cc(C(=O)N(CCC(=O)N(C)Cc3ccccc3)C[C@H]3CCCO3)no2)c1. The third kappa shape index (κ3) is 6.68. The van der Waals surface area contributed by atoms with Crippen molar-refractivity contribution in [3.8, 4) is 22.8 Å². The number of ether oxygens (including phenoxy) is 3. The van der Waals surface area contributed by atoms with Gasteiger partial charge in [-0.1, -0.05) is 35.5 Å². The lowest BCUT2D eigenvalue weighted by atomic mass is 10.1. The molecule has 2 heterocycles. The maximum absolute atomic E-state index is 13.5. The first kappa shape index (κ1) is 26.2. The van der Waals surface area contributed by atoms with Crippen LogP contribution in [0.25, 0.3) is 11.3 Å². The van der Waals surface area contributed by atoms with E-state index in [1.807, 2.05) is 30.3 Å². The van der Waals surface area contributed by atoms with Gasteiger partial charge in [0.2, 0.25) is 5.91 Å². The normalized spacial score (nSPS) is 14.8. The van der Waals surface area contributed by atoms with Gasteiger partial charge in [0, 0.05) is 45.8 Å². The third-order valence-corrected chi connectivity index (χ3v) is 6.42. The molecule has 2 aromatic carbocycles. The lowest BCUT2D eigenvalue weighted by molar-refractivity contribution is -0.130. The molecule has 9 nitrogen and oxygen atoms in total. The first-order valence-electron chi connectivity index (χ1n) is 12.4. The molecule has 0 bridgehead atoms. The van der Waals surface area contributed by atoms with Crippen LogP contribution in [0.1, 0.15) is 35.3 Å². The molecule has 1 aliphatic heterocycles. The number of amides is 2. The molecule has 2 amide bonds. The lowest BCUT2D eigenvalue weighted by Crippen LogP contribution is -2.40. The second kappa shape index (κ2) is 12.4. The maximum Gasteiger partial charge on any atom is 0.276 e. The van der Waals surface area contributed by atoms with Crippen LogP contribution in [0.5, 0.6) is 11.5 Å². The van der Waals surface area contributed by atoms with Gasteiger partial charge in [0.25, 0.3) is 5.91 Å². The highest BCUT2D eigenvalue weighted by atomic mass is 16.5. The topological polar surface area (TPSA) is 94.3 Å². The standard InChI is InChI=1S/C28H33N3O6/c1-30(18-20-8-5-4-6-9-20)27(32)13-14-31(19-22-10-7-15-36-22)28(33)24-17-26(37-29-24)23-16-21(34-2)11-12-25(23)35-3/h4-6,8-9,11-12,16-17,22H,7,10,13-15,18-19H2,1-3H3/t22-/m1/s1. The average Bonchev–Trinajstić information content (AvgIpc) is 3.63. The number of hydrogen-bond acceptors (Lipinski definition) is 7. The first-order chi connectivity index (χ1) is 18.0. The van der Waals surface area contributed by atoms with E-state index in [0.29, 0.717) is 42.5 Å². The van der Waals surface area contributed by atoms with Crippen molar-refractivity contribution in [3.05, 3.63) is 65.9 Å². The summed E-state index contributed by atoms with van der Waals surface area (Å²) < 4.78 is 22.0. The van der Waals surface area contributed by atoms with Gasteiger partial charge in [-0.05, 0) is 36.6 Å². The van der Waals surface area contributed by atoms with Crippen molar-refractivity contribution >= 4 is 11.8 Å². The molecule has 3 aromatic rings. The van der Waals surface area contributed by atoms with Crippen molar-refractivity contribution in [2.75, 3.05) is 41.0 Å². The van der Waals surface area contributed by atoms with Crippen LogP contribution in [0.3, 0.4) is 0 Å². The van der Waals surface area contributed by atoms with Crippen molar-refractivity contribution < 1.29 is 28.3 Å². The molecule has 9 heteroatoms. The molecular formula is C28H33N3O6. The van der Waals surface area contributed by atoms with Crippen molar-refractivity contribution in [2.24, 2.45) is 0 Å². The van der Waals surface area contributed by atoms with Gasteiger partial charge in [-0.15, -0.1) is 0 Å². The van der Waals surface area contributed by atoms with Crippen LogP contribution >= 0.6 is 0 Å². The van der Waals surface area contributed by atoms with Crippen LogP contribution in [0, 0.1) is 0 Å². The molecule has 196 valence electrons. The minimum absolute atomic E-state index is 0.0454. The zero-order valence-electron chi connectivity index (χ0n) is 21.5. The highest BCUT2D eigenvalue weighted by Gasteiger charge is 2.27. The maximum atomic E-state index is 13.5. The van der Waals surface area contributed by atoms with E-state index in [4.69, 9.17) is 18.7 Å². The van der Waals surface area contributed by atoms with E-state index in [1.54, 1.807) is 55.3 Å². The molecule has 0 saturated carbocycles. The predicted octanol–water partition coefficient (Wildman–Crippen LogP) is 4.03. The molecule has 0 N–H and O–H groups in total. The molecule has 1 saturated heterocycles. The smallest absolute Gasteiger partial charge is 0.276 e. The fourth-order valence-electron chi connectivity index (χ4n) is 4.35. The second-order valence-corrected chi connectivity index (χ2v) is 9.01. The molecule has 0 spiro atoms. The van der Waals surface area contributed by atoms with E-state index >= 15 is 0 Å². The first-order valence-corrected chi connectivity index (χ1v) is 12.4. The number of rotatable bonds is 11. The fourth-order valence-corrected chi connectivity index (χ4v) is 4.35. The molecular weight excluding hydrogens is 474 g/mol. The molecule has 0 unspecified atom stereocenters. The summed E-state index contributed by atoms with van der Waals surface area (Å²) in [6.45, 7) is 1.82. The summed E-state index contributed by atoms with van der Waals surface area (Å²) in [5, 5.41) is 4.04. The van der Waals surface area contributed by atoms with Gasteiger partial charge in [0.05, 0.1) is 25.9 Å². The molecule has 1 fully saturated rings. The number of nitrogens with zero attached hydrogens (tertiary/aromatic N) is 3. The number of carbonyl (C=O) groups excluding carboxylic acids is 2. The van der Waals surface area contributed by atoms with E-state index < -0.39 is 0 Å². The van der Waals surface area contributed by atoms with Crippen molar-refractivity contribution in [2.45, 2.75) is 31.9 Å². The number of methoxy groups -OCH3 is 2. The third-order valence-electron chi connectivity index (χ3n) is 6.42. The van der Waals surface area contributed by atoms with E-state index in [-0.39, 0.29) is 36.6 Å². The number of aromatic nitrogens is 1. The summed E-state index contributed by atoms with van der Waals surface area (Å²) in [6, 6.07) is 16.7. The zero-order valence-corrected chi connectivity index (χ0v) is 21.5. The Hall–Kier alpha value is -3.85. The summed E-state index contributed by atoms with van der Waals surface area (Å²) in [4.78, 5) is 29.7. The number of carbonyl (C=O) groups is 2. The summed E-state index contributed by atoms with van der Waals surface area (Å²) >= 11 is 0. The van der Waals surface area contributed by atoms with Gasteiger partial charge in [-0.3, -0.25) is 9.59 Å². The van der Waals surface area contributed by atoms with Gasteiger partial charge >= 0.3 is 0 Å². The Kier molecular flexibility index (Phi) is 8.79. The highest BCUT2D eigenvalue weighted by Crippen LogP contribution is 2.34. The van der Waals surface area contributed by atoms with Crippen molar-refractivity contribution in [1.29, 1.82) is 0 Å². The summed E-state index contributed by atoms with van der Waals surface area (Å²) in [7, 11) is 4.90. The monoisotopic (exact) mass is 507 g/mol. The van der Waals surface area contributed by atoms with Crippen LogP contribution in [-0.2, 0) is 16.1 Å². The van der Waals surface area contributed by atoms with Crippen LogP contribution in [-0.4, -0.2) is 73.8 Å². The Balaban J connectivity index is 1.47. The fraction of sp³-hybridized carbons (Fsp3) is 0.393. The van der Waals surface area contributed by atoms with Crippen LogP contribution in [0.4, 0.5) is 0 Å². The average molecular weight is 508 g/mol. The molecule has 1 aromatic heterocycles. The Morgan fingerprint density at radius 2 is 1.89 bits per heavy atom. The van der Waals surface area contributed by atoms with Gasteiger partial charge in [-0.25, -0.2) is 0 Å². The summed E-state index contributed by atoms with van der Waals surface area (Å²) in [5.74, 6) is 1.22. The highest BCUT2D eigenvalue weighted by molar-refractivity contribution is 5.93. The molecule has 4 rings (SSSR count). The van der Waals surface area contributed by atoms with E-state index in [0.717, 1.165) is 18.4 Å². The van der Waals surface area contributed by atoms with Crippen molar-refractivity contribution in [3.63, 3.8) is 0 Å². The molecule has 0 radical (unpaired) electrons. The molecule has 1 aliphatic rings. The molecule has 1 atom stereocenters. The minimum Gasteiger partial charge on any atom is -0.497 e. The molecule has 37 heavy (non-hydrogen) atoms. The van der Waals surface area contributed by atoms with Crippen LogP contribution in [0.15, 0.2) is 59.1 Å². The van der Waals surface area contributed by atoms with Crippen molar-refractivity contribution in [1.82, 2.24) is 15.0 Å². The summed E-state index contributed by atoms with van der Waals surface area (Å²) in [6.07, 6.45) is 1.95. The number of benzene rings is 2. The lowest BCUT2D eigenvalue weighted by Gasteiger charge is -2.25. The second-order valence-electron chi connectivity index (χ2n) is 9.01. The Labute approximate surface area is 216 Å². The zero-order chi connectivity index (χ0) is 26.2. The largest absolute Gasteiger partial charge is 0.497 e. The Bertz CT molecular complexity index is 1190. The Morgan fingerprint density at radius 1 is 1.08 bits per heavy atom. The van der Waals surface area contributed by atoms with Crippen LogP contribution < -0.4 is 9.47 Å². The quantitative estimate of drug-likeness (QED) is 0.387. The van der Waals surface area contributed by atoms with Gasteiger partial charge < -0.3 is 28.5 Å². The van der Waals surface area contributed by atoms with Gasteiger partial charge in [0.15, 0.2) is 11.5 Å². The Morgan fingerprint density at radius 3 is 2.59 bits per heavy atom. The molecule has 0 aliphatic carbocycles. The van der Waals surface area contributed by atoms with E-state index in [1.165, 1.54) is 0 Å². The summed E-state index contributed by atoms with van der Waals surface area (Å²) in [5.41, 5.74) is 1.83. The van der Waals surface area contributed by atoms with E-state index in [2.05, 4.69) is 5.16 Å². The van der Waals surface area contributed by atoms with E-state index in [9.17, 15) is 9.59 Å². The minimum atomic E-state index is -0.314. The van der Waals surface area contributed by atoms with Gasteiger partial charge in [-0.2, -0.15) is 0 Å². The predicted molar refractivity (Wildman–Crippen MR) is 137 cm³/mol. The number of hydrogen-bond donors (Lipinski definition) is 0.